The van der Waals surface area contributed by atoms with E-state index in [-0.39, 0.29) is 24.6 Å². The molecule has 3 aromatic rings. The topological polar surface area (TPSA) is 89.7 Å². The zero-order valence-electron chi connectivity index (χ0n) is 15.0. The number of benzene rings is 2. The third-order valence-electron chi connectivity index (χ3n) is 4.74. The van der Waals surface area contributed by atoms with E-state index in [4.69, 9.17) is 10.5 Å². The highest BCUT2D eigenvalue weighted by molar-refractivity contribution is 7.89. The second-order valence-electron chi connectivity index (χ2n) is 6.50. The second kappa shape index (κ2) is 7.45. The molecule has 1 atom stereocenters. The van der Waals surface area contributed by atoms with Gasteiger partial charge in [-0.1, -0.05) is 18.2 Å². The van der Waals surface area contributed by atoms with Crippen molar-refractivity contribution in [1.29, 1.82) is 0 Å². The van der Waals surface area contributed by atoms with Crippen LogP contribution in [0, 0.1) is 11.6 Å². The summed E-state index contributed by atoms with van der Waals surface area (Å²) in [6.45, 7) is 0.0457. The lowest BCUT2D eigenvalue weighted by molar-refractivity contribution is -0.00189. The maximum absolute atomic E-state index is 13.6. The summed E-state index contributed by atoms with van der Waals surface area (Å²) in [7, 11) is -4.08. The van der Waals surface area contributed by atoms with Crippen molar-refractivity contribution in [2.45, 2.75) is 11.0 Å². The molecule has 1 aliphatic heterocycles. The van der Waals surface area contributed by atoms with Gasteiger partial charge < -0.3 is 10.5 Å². The smallest absolute Gasteiger partial charge is 0.259 e. The first-order valence-corrected chi connectivity index (χ1v) is 10.9. The number of hydrogen-bond donors (Lipinski definition) is 1. The number of carbonyl (C=O) groups is 1. The van der Waals surface area contributed by atoms with Gasteiger partial charge >= 0.3 is 0 Å². The van der Waals surface area contributed by atoms with Gasteiger partial charge in [-0.3, -0.25) is 4.79 Å². The lowest BCUT2D eigenvalue weighted by Gasteiger charge is -2.32. The van der Waals surface area contributed by atoms with Crippen LogP contribution in [-0.2, 0) is 14.8 Å². The molecule has 0 radical (unpaired) electrons. The monoisotopic (exact) mass is 438 g/mol. The lowest BCUT2D eigenvalue weighted by atomic mass is 10.0. The highest BCUT2D eigenvalue weighted by Gasteiger charge is 2.35. The third kappa shape index (κ3) is 3.52. The van der Waals surface area contributed by atoms with Gasteiger partial charge in [-0.05, 0) is 29.7 Å². The van der Waals surface area contributed by atoms with Gasteiger partial charge in [-0.25, -0.2) is 17.2 Å². The molecule has 1 unspecified atom stereocenters. The quantitative estimate of drug-likeness (QED) is 0.678. The Morgan fingerprint density at radius 2 is 1.93 bits per heavy atom. The van der Waals surface area contributed by atoms with Crippen molar-refractivity contribution in [3.63, 3.8) is 0 Å². The van der Waals surface area contributed by atoms with Gasteiger partial charge in [0.05, 0.1) is 22.5 Å². The molecule has 1 aromatic heterocycles. The molecule has 4 rings (SSSR count). The number of carbonyl (C=O) groups excluding carboxylic acids is 1. The minimum atomic E-state index is -4.08. The molecule has 1 fully saturated rings. The first-order chi connectivity index (χ1) is 13.8. The fourth-order valence-corrected chi connectivity index (χ4v) is 5.92. The largest absolute Gasteiger partial charge is 0.371 e. The zero-order chi connectivity index (χ0) is 20.8. The highest BCUT2D eigenvalue weighted by atomic mass is 32.2. The van der Waals surface area contributed by atoms with Gasteiger partial charge in [0.2, 0.25) is 10.0 Å². The van der Waals surface area contributed by atoms with Crippen molar-refractivity contribution in [3.05, 3.63) is 64.5 Å². The molecular formula is C19H16F2N2O4S2. The van der Waals surface area contributed by atoms with E-state index in [0.29, 0.717) is 16.5 Å². The van der Waals surface area contributed by atoms with Crippen LogP contribution in [0.4, 0.5) is 8.78 Å². The number of ether oxygens (including phenoxy) is 1. The van der Waals surface area contributed by atoms with Crippen molar-refractivity contribution >= 4 is 37.4 Å². The Bertz CT molecular complexity index is 1210. The van der Waals surface area contributed by atoms with Gasteiger partial charge in [0.15, 0.2) is 11.6 Å². The Hall–Kier alpha value is -2.40. The number of amides is 1. The fourth-order valence-electron chi connectivity index (χ4n) is 3.37. The molecule has 0 bridgehead atoms. The van der Waals surface area contributed by atoms with Crippen LogP contribution in [0.3, 0.4) is 0 Å². The highest BCUT2D eigenvalue weighted by Crippen LogP contribution is 2.38. The molecule has 6 nitrogen and oxygen atoms in total. The lowest BCUT2D eigenvalue weighted by Crippen LogP contribution is -2.42. The number of hydrogen-bond acceptors (Lipinski definition) is 5. The van der Waals surface area contributed by atoms with Crippen LogP contribution >= 0.6 is 11.3 Å². The number of morpholine rings is 1. The van der Waals surface area contributed by atoms with Gasteiger partial charge in [0.25, 0.3) is 5.91 Å². The number of halogens is 2. The number of fused-ring (bicyclic) bond motifs is 1. The maximum Gasteiger partial charge on any atom is 0.259 e. The van der Waals surface area contributed by atoms with Crippen LogP contribution < -0.4 is 5.73 Å². The molecule has 1 saturated heterocycles. The Morgan fingerprint density at radius 1 is 1.17 bits per heavy atom. The van der Waals surface area contributed by atoms with E-state index in [1.54, 1.807) is 0 Å². The number of nitrogens with zero attached hydrogens (tertiary/aromatic N) is 1. The van der Waals surface area contributed by atoms with Crippen LogP contribution in [0.1, 0.15) is 21.3 Å². The van der Waals surface area contributed by atoms with E-state index in [2.05, 4.69) is 0 Å². The third-order valence-corrected chi connectivity index (χ3v) is 7.80. The number of thiophene rings is 1. The average Bonchev–Trinajstić information content (AvgIpc) is 3.10. The molecule has 0 aliphatic carbocycles. The maximum atomic E-state index is 13.6. The Kier molecular flexibility index (Phi) is 5.11. The fraction of sp³-hybridized carbons (Fsp3) is 0.211. The predicted octanol–water partition coefficient (Wildman–Crippen LogP) is 3.04. The zero-order valence-corrected chi connectivity index (χ0v) is 16.6. The molecule has 1 amide bonds. The molecule has 0 saturated carbocycles. The number of primary amides is 1. The molecule has 0 spiro atoms. The molecule has 152 valence electrons. The second-order valence-corrected chi connectivity index (χ2v) is 9.49. The predicted molar refractivity (Wildman–Crippen MR) is 104 cm³/mol. The summed E-state index contributed by atoms with van der Waals surface area (Å²) in [5.74, 6) is -2.99. The van der Waals surface area contributed by atoms with Gasteiger partial charge in [0.1, 0.15) is 0 Å². The van der Waals surface area contributed by atoms with Gasteiger partial charge in [0, 0.05) is 23.4 Å². The summed E-state index contributed by atoms with van der Waals surface area (Å²) < 4.78 is 60.4. The van der Waals surface area contributed by atoms with E-state index in [1.165, 1.54) is 11.3 Å². The van der Waals surface area contributed by atoms with Crippen LogP contribution in [-0.4, -0.2) is 38.3 Å². The minimum absolute atomic E-state index is 0.0474. The normalized spacial score (nSPS) is 18.2. The van der Waals surface area contributed by atoms with E-state index >= 15 is 0 Å². The summed E-state index contributed by atoms with van der Waals surface area (Å²) in [5, 5.41) is 0.767. The van der Waals surface area contributed by atoms with E-state index in [9.17, 15) is 22.0 Å². The van der Waals surface area contributed by atoms with Gasteiger partial charge in [-0.2, -0.15) is 4.31 Å². The summed E-state index contributed by atoms with van der Waals surface area (Å²) in [5.41, 5.74) is 6.08. The SMILES string of the molecule is NC(=O)c1sc2ccccc2c1C1CN(S(=O)(=O)c2ccc(F)c(F)c2)CCO1. The Labute approximate surface area is 169 Å². The first-order valence-electron chi connectivity index (χ1n) is 8.67. The van der Waals surface area contributed by atoms with Crippen LogP contribution in [0.2, 0.25) is 0 Å². The summed E-state index contributed by atoms with van der Waals surface area (Å²) >= 11 is 1.22. The van der Waals surface area contributed by atoms with Crippen molar-refractivity contribution in [2.24, 2.45) is 5.73 Å². The molecule has 2 heterocycles. The van der Waals surface area contributed by atoms with Crippen molar-refractivity contribution in [3.8, 4) is 0 Å². The molecule has 2 N–H and O–H groups in total. The summed E-state index contributed by atoms with van der Waals surface area (Å²) in [4.78, 5) is 11.9. The van der Waals surface area contributed by atoms with E-state index in [1.807, 2.05) is 24.3 Å². The standard InChI is InChI=1S/C19H16F2N2O4S2/c20-13-6-5-11(9-14(13)21)29(25,26)23-7-8-27-15(10-23)17-12-3-1-2-4-16(12)28-18(17)19(22)24/h1-6,9,15H,7-8,10H2,(H2,22,24). The van der Waals surface area contributed by atoms with Crippen molar-refractivity contribution in [2.75, 3.05) is 19.7 Å². The Balaban J connectivity index is 1.72. The van der Waals surface area contributed by atoms with Crippen molar-refractivity contribution in [1.82, 2.24) is 4.31 Å². The molecule has 29 heavy (non-hydrogen) atoms. The molecule has 10 heteroatoms. The van der Waals surface area contributed by atoms with Crippen LogP contribution in [0.25, 0.3) is 10.1 Å². The summed E-state index contributed by atoms with van der Waals surface area (Å²) in [6, 6.07) is 9.75. The number of nitrogens with two attached hydrogens (primary N) is 1. The summed E-state index contributed by atoms with van der Waals surface area (Å²) in [6.07, 6.45) is -0.720. The molecule has 2 aromatic carbocycles. The van der Waals surface area contributed by atoms with Gasteiger partial charge in [-0.15, -0.1) is 11.3 Å². The van der Waals surface area contributed by atoms with E-state index < -0.39 is 33.7 Å². The molecular weight excluding hydrogens is 422 g/mol. The Morgan fingerprint density at radius 3 is 2.66 bits per heavy atom. The minimum Gasteiger partial charge on any atom is -0.371 e. The average molecular weight is 438 g/mol. The van der Waals surface area contributed by atoms with E-state index in [0.717, 1.165) is 26.5 Å². The number of sulfonamides is 1. The molecule has 1 aliphatic rings. The van der Waals surface area contributed by atoms with Crippen molar-refractivity contribution < 1.29 is 26.7 Å². The first kappa shape index (κ1) is 19.9. The number of rotatable bonds is 4. The van der Waals surface area contributed by atoms with Crippen LogP contribution in [0.15, 0.2) is 47.4 Å². The van der Waals surface area contributed by atoms with Crippen LogP contribution in [0.5, 0.6) is 0 Å².